The largest absolute Gasteiger partial charge is 0.352 e. The number of carbonyl (C=O) groups excluding carboxylic acids is 1. The minimum absolute atomic E-state index is 0.0698. The van der Waals surface area contributed by atoms with Crippen molar-refractivity contribution in [1.29, 1.82) is 0 Å². The lowest BCUT2D eigenvalue weighted by Crippen LogP contribution is -2.47. The number of hydrogen-bond acceptors (Lipinski definition) is 3. The van der Waals surface area contributed by atoms with Crippen LogP contribution in [0.1, 0.15) is 38.5 Å². The Hall–Kier alpha value is 0.120. The number of rotatable bonds is 3. The van der Waals surface area contributed by atoms with Crippen molar-refractivity contribution < 1.29 is 4.79 Å². The fourth-order valence-electron chi connectivity index (χ4n) is 2.56. The first-order chi connectivity index (χ1) is 7.79. The molecule has 2 rings (SSSR count). The Labute approximate surface area is 111 Å². The van der Waals surface area contributed by atoms with E-state index in [9.17, 15) is 4.79 Å². The maximum atomic E-state index is 11.9. The van der Waals surface area contributed by atoms with Crippen molar-refractivity contribution in [3.05, 3.63) is 0 Å². The lowest BCUT2D eigenvalue weighted by atomic mass is 9.91. The Balaban J connectivity index is 1.71. The van der Waals surface area contributed by atoms with Crippen LogP contribution in [0, 0.1) is 0 Å². The molecule has 0 unspecified atom stereocenters. The predicted molar refractivity (Wildman–Crippen MR) is 72.4 cm³/mol. The molecule has 1 atom stereocenters. The van der Waals surface area contributed by atoms with Gasteiger partial charge in [0.15, 0.2) is 0 Å². The molecule has 0 aromatic carbocycles. The molecule has 0 aromatic heterocycles. The van der Waals surface area contributed by atoms with Crippen molar-refractivity contribution >= 4 is 28.8 Å². The quantitative estimate of drug-likeness (QED) is 0.534. The highest BCUT2D eigenvalue weighted by Gasteiger charge is 2.26. The van der Waals surface area contributed by atoms with Gasteiger partial charge in [0.05, 0.1) is 6.04 Å². The molecule has 16 heavy (non-hydrogen) atoms. The summed E-state index contributed by atoms with van der Waals surface area (Å²) in [6.07, 6.45) is 6.69. The topological polar surface area (TPSA) is 53.2 Å². The molecule has 2 aliphatic rings. The maximum absolute atomic E-state index is 11.9. The Morgan fingerprint density at radius 2 is 1.81 bits per heavy atom. The first-order valence-corrected chi connectivity index (χ1v) is 7.27. The molecule has 2 fully saturated rings. The van der Waals surface area contributed by atoms with Gasteiger partial charge in [-0.2, -0.15) is 0 Å². The lowest BCUT2D eigenvalue weighted by Gasteiger charge is -2.29. The number of hydrogen-bond donors (Lipinski definition) is 3. The van der Waals surface area contributed by atoms with Crippen LogP contribution >= 0.6 is 22.9 Å². The highest BCUT2D eigenvalue weighted by molar-refractivity contribution is 14.1. The van der Waals surface area contributed by atoms with Gasteiger partial charge in [0.1, 0.15) is 0 Å². The van der Waals surface area contributed by atoms with Gasteiger partial charge in [0.2, 0.25) is 5.91 Å². The SMILES string of the molecule is O=C(N[C@H]1CC[C@H](NI)CC1)[C@@H]1CCCN1. The fourth-order valence-corrected chi connectivity index (χ4v) is 3.18. The monoisotopic (exact) mass is 337 g/mol. The fraction of sp³-hybridized carbons (Fsp3) is 0.909. The van der Waals surface area contributed by atoms with Crippen molar-refractivity contribution in [1.82, 2.24) is 14.2 Å². The molecule has 92 valence electrons. The van der Waals surface area contributed by atoms with Crippen LogP contribution in [0.25, 0.3) is 0 Å². The van der Waals surface area contributed by atoms with Crippen LogP contribution in [0.2, 0.25) is 0 Å². The second-order valence-corrected chi connectivity index (χ2v) is 5.44. The molecule has 1 amide bonds. The predicted octanol–water partition coefficient (Wildman–Crippen LogP) is 1.11. The molecule has 4 nitrogen and oxygen atoms in total. The summed E-state index contributed by atoms with van der Waals surface area (Å²) in [4.78, 5) is 11.9. The zero-order chi connectivity index (χ0) is 11.4. The molecule has 0 bridgehead atoms. The van der Waals surface area contributed by atoms with E-state index in [-0.39, 0.29) is 11.9 Å². The zero-order valence-corrected chi connectivity index (χ0v) is 11.6. The van der Waals surface area contributed by atoms with E-state index in [0.29, 0.717) is 12.1 Å². The van der Waals surface area contributed by atoms with E-state index in [0.717, 1.165) is 32.2 Å². The molecule has 1 saturated carbocycles. The van der Waals surface area contributed by atoms with Gasteiger partial charge in [0.25, 0.3) is 0 Å². The minimum Gasteiger partial charge on any atom is -0.352 e. The van der Waals surface area contributed by atoms with Crippen LogP contribution in [-0.2, 0) is 4.79 Å². The summed E-state index contributed by atoms with van der Waals surface area (Å²) in [6.45, 7) is 0.990. The Morgan fingerprint density at radius 3 is 2.38 bits per heavy atom. The average Bonchev–Trinajstić information content (AvgIpc) is 2.83. The first-order valence-electron chi connectivity index (χ1n) is 6.19. The average molecular weight is 337 g/mol. The van der Waals surface area contributed by atoms with Crippen LogP contribution in [-0.4, -0.2) is 30.6 Å². The molecule has 1 saturated heterocycles. The first kappa shape index (κ1) is 12.6. The molecule has 0 spiro atoms. The van der Waals surface area contributed by atoms with E-state index in [1.807, 2.05) is 0 Å². The van der Waals surface area contributed by atoms with Crippen LogP contribution in [0.15, 0.2) is 0 Å². The molecule has 0 radical (unpaired) electrons. The lowest BCUT2D eigenvalue weighted by molar-refractivity contribution is -0.123. The Bertz CT molecular complexity index is 235. The zero-order valence-electron chi connectivity index (χ0n) is 9.47. The van der Waals surface area contributed by atoms with E-state index in [1.165, 1.54) is 12.8 Å². The van der Waals surface area contributed by atoms with Crippen molar-refractivity contribution in [3.8, 4) is 0 Å². The van der Waals surface area contributed by atoms with Crippen LogP contribution in [0.5, 0.6) is 0 Å². The summed E-state index contributed by atoms with van der Waals surface area (Å²) in [7, 11) is 0. The summed E-state index contributed by atoms with van der Waals surface area (Å²) < 4.78 is 3.28. The van der Waals surface area contributed by atoms with Crippen molar-refractivity contribution in [2.24, 2.45) is 0 Å². The molecule has 1 heterocycles. The van der Waals surface area contributed by atoms with Crippen molar-refractivity contribution in [2.75, 3.05) is 6.54 Å². The summed E-state index contributed by atoms with van der Waals surface area (Å²) in [5.41, 5.74) is 0. The van der Waals surface area contributed by atoms with Crippen LogP contribution in [0.4, 0.5) is 0 Å². The van der Waals surface area contributed by atoms with E-state index < -0.39 is 0 Å². The number of halogens is 1. The van der Waals surface area contributed by atoms with Gasteiger partial charge in [-0.15, -0.1) is 0 Å². The van der Waals surface area contributed by atoms with Crippen molar-refractivity contribution in [2.45, 2.75) is 56.7 Å². The summed E-state index contributed by atoms with van der Waals surface area (Å²) >= 11 is 2.22. The second-order valence-electron chi connectivity index (χ2n) is 4.82. The van der Waals surface area contributed by atoms with Crippen LogP contribution < -0.4 is 14.2 Å². The third kappa shape index (κ3) is 3.30. The van der Waals surface area contributed by atoms with Gasteiger partial charge in [0, 0.05) is 34.9 Å². The van der Waals surface area contributed by atoms with E-state index in [4.69, 9.17) is 0 Å². The van der Waals surface area contributed by atoms with Gasteiger partial charge in [-0.1, -0.05) is 0 Å². The highest BCUT2D eigenvalue weighted by atomic mass is 127. The normalized spacial score (nSPS) is 34.9. The van der Waals surface area contributed by atoms with Crippen LogP contribution in [0.3, 0.4) is 0 Å². The molecule has 3 N–H and O–H groups in total. The molecular weight excluding hydrogens is 317 g/mol. The summed E-state index contributed by atoms with van der Waals surface area (Å²) in [5, 5.41) is 6.41. The van der Waals surface area contributed by atoms with E-state index >= 15 is 0 Å². The maximum Gasteiger partial charge on any atom is 0.237 e. The number of carbonyl (C=O) groups is 1. The summed E-state index contributed by atoms with van der Waals surface area (Å²) in [5.74, 6) is 0.211. The van der Waals surface area contributed by atoms with E-state index in [2.05, 4.69) is 37.0 Å². The molecule has 1 aliphatic carbocycles. The third-order valence-corrected chi connectivity index (χ3v) is 4.49. The van der Waals surface area contributed by atoms with E-state index in [1.54, 1.807) is 0 Å². The standard InChI is InChI=1S/C11H20IN3O/c12-15-9-5-3-8(4-6-9)14-11(16)10-2-1-7-13-10/h8-10,13,15H,1-7H2,(H,14,16)/t8-,9-,10-/m0/s1. The second kappa shape index (κ2) is 6.16. The molecular formula is C11H20IN3O. The summed E-state index contributed by atoms with van der Waals surface area (Å²) in [6, 6.07) is 1.11. The Morgan fingerprint density at radius 1 is 1.12 bits per heavy atom. The third-order valence-electron chi connectivity index (χ3n) is 3.60. The van der Waals surface area contributed by atoms with Gasteiger partial charge >= 0.3 is 0 Å². The van der Waals surface area contributed by atoms with Crippen molar-refractivity contribution in [3.63, 3.8) is 0 Å². The smallest absolute Gasteiger partial charge is 0.237 e. The van der Waals surface area contributed by atoms with Gasteiger partial charge in [-0.25, -0.2) is 0 Å². The van der Waals surface area contributed by atoms with Gasteiger partial charge in [-0.3, -0.25) is 8.32 Å². The molecule has 0 aromatic rings. The molecule has 5 heteroatoms. The molecule has 1 aliphatic heterocycles. The Kier molecular flexibility index (Phi) is 4.84. The highest BCUT2D eigenvalue weighted by Crippen LogP contribution is 2.19. The van der Waals surface area contributed by atoms with Gasteiger partial charge < -0.3 is 10.6 Å². The number of amides is 1. The number of nitrogens with one attached hydrogen (secondary N) is 3. The minimum atomic E-state index is 0.0698. The van der Waals surface area contributed by atoms with Gasteiger partial charge in [-0.05, 0) is 45.1 Å².